The maximum atomic E-state index is 13.9. The van der Waals surface area contributed by atoms with Crippen molar-refractivity contribution in [2.45, 2.75) is 57.1 Å². The van der Waals surface area contributed by atoms with Gasteiger partial charge in [-0.25, -0.2) is 12.8 Å². The Kier molecular flexibility index (Phi) is 10.0. The fourth-order valence-corrected chi connectivity index (χ4v) is 5.43. The van der Waals surface area contributed by atoms with E-state index in [0.717, 1.165) is 28.4 Å². The second kappa shape index (κ2) is 13.2. The molecular formula is C29H34FN3O4S. The third-order valence-electron chi connectivity index (χ3n) is 6.31. The molecule has 0 saturated carbocycles. The van der Waals surface area contributed by atoms with Gasteiger partial charge in [0.05, 0.1) is 10.6 Å². The molecule has 0 fully saturated rings. The van der Waals surface area contributed by atoms with Crippen LogP contribution in [0, 0.1) is 5.82 Å². The zero-order valence-corrected chi connectivity index (χ0v) is 22.7. The highest BCUT2D eigenvalue weighted by atomic mass is 32.2. The molecule has 0 spiro atoms. The van der Waals surface area contributed by atoms with Crippen molar-refractivity contribution in [2.24, 2.45) is 0 Å². The number of sulfonamides is 1. The third-order valence-corrected chi connectivity index (χ3v) is 8.10. The van der Waals surface area contributed by atoms with Crippen molar-refractivity contribution in [1.29, 1.82) is 0 Å². The molecule has 2 atom stereocenters. The maximum absolute atomic E-state index is 13.9. The number of hydrogen-bond donors (Lipinski definition) is 1. The maximum Gasteiger partial charge on any atom is 0.264 e. The molecule has 0 bridgehead atoms. The second-order valence-electron chi connectivity index (χ2n) is 9.05. The Morgan fingerprint density at radius 1 is 0.868 bits per heavy atom. The molecule has 0 aliphatic rings. The minimum atomic E-state index is -4.18. The van der Waals surface area contributed by atoms with Crippen molar-refractivity contribution in [1.82, 2.24) is 10.2 Å². The van der Waals surface area contributed by atoms with Gasteiger partial charge >= 0.3 is 0 Å². The third kappa shape index (κ3) is 7.19. The number of amides is 2. The lowest BCUT2D eigenvalue weighted by Crippen LogP contribution is -2.53. The standard InChI is InChI=1S/C29H34FN3O4S/c1-4-22(3)31-29(35)27(5-2)32(20-23-12-8-6-9-13-23)28(34)21-33(25-18-16-24(30)17-19-25)38(36,37)26-14-10-7-11-15-26/h6-19,22,27H,4-5,20-21H2,1-3H3,(H,31,35)/t22-,27-/m0/s1. The Morgan fingerprint density at radius 2 is 1.45 bits per heavy atom. The van der Waals surface area contributed by atoms with Gasteiger partial charge in [0.2, 0.25) is 11.8 Å². The predicted octanol–water partition coefficient (Wildman–Crippen LogP) is 4.74. The van der Waals surface area contributed by atoms with E-state index < -0.39 is 34.3 Å². The van der Waals surface area contributed by atoms with Crippen LogP contribution in [0.5, 0.6) is 0 Å². The van der Waals surface area contributed by atoms with Gasteiger partial charge in [-0.1, -0.05) is 62.4 Å². The zero-order chi connectivity index (χ0) is 27.7. The van der Waals surface area contributed by atoms with E-state index in [9.17, 15) is 22.4 Å². The van der Waals surface area contributed by atoms with E-state index in [1.54, 1.807) is 18.2 Å². The van der Waals surface area contributed by atoms with Crippen LogP contribution in [0.4, 0.5) is 10.1 Å². The van der Waals surface area contributed by atoms with Crippen molar-refractivity contribution in [2.75, 3.05) is 10.8 Å². The predicted molar refractivity (Wildman–Crippen MR) is 146 cm³/mol. The summed E-state index contributed by atoms with van der Waals surface area (Å²) in [6.45, 7) is 5.20. The number of hydrogen-bond acceptors (Lipinski definition) is 4. The number of carbonyl (C=O) groups excluding carboxylic acids is 2. The average molecular weight is 540 g/mol. The molecule has 0 aromatic heterocycles. The molecule has 0 heterocycles. The number of nitrogens with zero attached hydrogens (tertiary/aromatic N) is 2. The summed E-state index contributed by atoms with van der Waals surface area (Å²) in [5, 5.41) is 2.94. The van der Waals surface area contributed by atoms with Crippen LogP contribution >= 0.6 is 0 Å². The quantitative estimate of drug-likeness (QED) is 0.360. The van der Waals surface area contributed by atoms with Crippen LogP contribution in [0.25, 0.3) is 0 Å². The number of carbonyl (C=O) groups is 2. The van der Waals surface area contributed by atoms with Gasteiger partial charge in [0.1, 0.15) is 18.4 Å². The normalized spacial score (nSPS) is 12.8. The van der Waals surface area contributed by atoms with E-state index in [0.29, 0.717) is 6.42 Å². The van der Waals surface area contributed by atoms with Crippen LogP contribution < -0.4 is 9.62 Å². The molecule has 7 nitrogen and oxygen atoms in total. The monoisotopic (exact) mass is 539 g/mol. The molecule has 3 aromatic rings. The van der Waals surface area contributed by atoms with Gasteiger partial charge in [0, 0.05) is 12.6 Å². The summed E-state index contributed by atoms with van der Waals surface area (Å²) in [4.78, 5) is 28.5. The fourth-order valence-electron chi connectivity index (χ4n) is 4.00. The van der Waals surface area contributed by atoms with Gasteiger partial charge < -0.3 is 10.2 Å². The summed E-state index contributed by atoms with van der Waals surface area (Å²) >= 11 is 0. The number of benzene rings is 3. The largest absolute Gasteiger partial charge is 0.352 e. The van der Waals surface area contributed by atoms with Gasteiger partial charge in [-0.05, 0) is 61.7 Å². The Labute approximate surface area is 224 Å². The molecule has 0 aliphatic carbocycles. The van der Waals surface area contributed by atoms with E-state index >= 15 is 0 Å². The minimum absolute atomic E-state index is 0.00621. The van der Waals surface area contributed by atoms with Crippen molar-refractivity contribution >= 4 is 27.5 Å². The first-order valence-electron chi connectivity index (χ1n) is 12.6. The van der Waals surface area contributed by atoms with E-state index in [4.69, 9.17) is 0 Å². The van der Waals surface area contributed by atoms with E-state index in [1.165, 1.54) is 29.2 Å². The number of rotatable bonds is 12. The first-order valence-corrected chi connectivity index (χ1v) is 14.1. The molecule has 0 saturated heterocycles. The summed E-state index contributed by atoms with van der Waals surface area (Å²) in [6.07, 6.45) is 1.06. The molecule has 202 valence electrons. The molecule has 3 rings (SSSR count). The molecule has 0 aliphatic heterocycles. The Morgan fingerprint density at radius 3 is 2.00 bits per heavy atom. The van der Waals surface area contributed by atoms with Gasteiger partial charge in [-0.2, -0.15) is 0 Å². The van der Waals surface area contributed by atoms with Gasteiger partial charge in [0.25, 0.3) is 10.0 Å². The van der Waals surface area contributed by atoms with E-state index in [-0.39, 0.29) is 29.1 Å². The topological polar surface area (TPSA) is 86.8 Å². The SMILES string of the molecule is CC[C@H](C)NC(=O)[C@H](CC)N(Cc1ccccc1)C(=O)CN(c1ccc(F)cc1)S(=O)(=O)c1ccccc1. The lowest BCUT2D eigenvalue weighted by Gasteiger charge is -2.33. The molecule has 3 aromatic carbocycles. The first kappa shape index (κ1) is 28.8. The number of nitrogens with one attached hydrogen (secondary N) is 1. The van der Waals surface area contributed by atoms with Crippen LogP contribution in [-0.2, 0) is 26.2 Å². The number of anilines is 1. The van der Waals surface area contributed by atoms with Crippen LogP contribution in [0.15, 0.2) is 89.8 Å². The van der Waals surface area contributed by atoms with Crippen LogP contribution in [0.3, 0.4) is 0 Å². The summed E-state index contributed by atoms with van der Waals surface area (Å²) in [7, 11) is -4.18. The highest BCUT2D eigenvalue weighted by Crippen LogP contribution is 2.25. The molecule has 1 N–H and O–H groups in total. The van der Waals surface area contributed by atoms with Crippen LogP contribution in [0.2, 0.25) is 0 Å². The van der Waals surface area contributed by atoms with Crippen molar-refractivity contribution in [3.05, 3.63) is 96.3 Å². The lowest BCUT2D eigenvalue weighted by atomic mass is 10.1. The molecule has 38 heavy (non-hydrogen) atoms. The van der Waals surface area contributed by atoms with Crippen LogP contribution in [0.1, 0.15) is 39.2 Å². The van der Waals surface area contributed by atoms with E-state index in [2.05, 4.69) is 5.32 Å². The molecule has 0 unspecified atom stereocenters. The molecular weight excluding hydrogens is 505 g/mol. The van der Waals surface area contributed by atoms with Crippen molar-refractivity contribution in [3.63, 3.8) is 0 Å². The number of halogens is 1. The Bertz CT molecular complexity index is 1300. The second-order valence-corrected chi connectivity index (χ2v) is 10.9. The summed E-state index contributed by atoms with van der Waals surface area (Å²) in [5.41, 5.74) is 0.940. The average Bonchev–Trinajstić information content (AvgIpc) is 2.93. The van der Waals surface area contributed by atoms with E-state index in [1.807, 2.05) is 51.1 Å². The van der Waals surface area contributed by atoms with Crippen molar-refractivity contribution < 1.29 is 22.4 Å². The van der Waals surface area contributed by atoms with Gasteiger partial charge in [-0.3, -0.25) is 13.9 Å². The molecule has 0 radical (unpaired) electrons. The molecule has 2 amide bonds. The first-order chi connectivity index (χ1) is 18.2. The van der Waals surface area contributed by atoms with Crippen molar-refractivity contribution in [3.8, 4) is 0 Å². The minimum Gasteiger partial charge on any atom is -0.352 e. The summed E-state index contributed by atoms with van der Waals surface area (Å²) in [6, 6.07) is 21.0. The van der Waals surface area contributed by atoms with Gasteiger partial charge in [0.15, 0.2) is 0 Å². The lowest BCUT2D eigenvalue weighted by molar-refractivity contribution is -0.140. The highest BCUT2D eigenvalue weighted by molar-refractivity contribution is 7.92. The molecule has 9 heteroatoms. The van der Waals surface area contributed by atoms with Gasteiger partial charge in [-0.15, -0.1) is 0 Å². The zero-order valence-electron chi connectivity index (χ0n) is 21.9. The fraction of sp³-hybridized carbons (Fsp3) is 0.310. The Hall–Kier alpha value is -3.72. The highest BCUT2D eigenvalue weighted by Gasteiger charge is 2.33. The smallest absolute Gasteiger partial charge is 0.264 e. The summed E-state index contributed by atoms with van der Waals surface area (Å²) in [5.74, 6) is -1.38. The van der Waals surface area contributed by atoms with Crippen LogP contribution in [-0.4, -0.2) is 43.8 Å². The Balaban J connectivity index is 2.02. The summed E-state index contributed by atoms with van der Waals surface area (Å²) < 4.78 is 42.0.